The third kappa shape index (κ3) is 2.95. The second-order valence-corrected chi connectivity index (χ2v) is 5.04. The highest BCUT2D eigenvalue weighted by Crippen LogP contribution is 2.26. The minimum atomic E-state index is 0.145. The molecule has 1 aromatic carbocycles. The molecule has 0 saturated heterocycles. The van der Waals surface area contributed by atoms with Crippen molar-refractivity contribution in [3.63, 3.8) is 0 Å². The molecule has 0 aromatic heterocycles. The highest BCUT2D eigenvalue weighted by Gasteiger charge is 2.25. The molecule has 2 N–H and O–H groups in total. The number of aryl methyl sites for hydroxylation is 1. The van der Waals surface area contributed by atoms with Gasteiger partial charge in [-0.3, -0.25) is 4.79 Å². The lowest BCUT2D eigenvalue weighted by Crippen LogP contribution is -2.31. The molecule has 1 saturated carbocycles. The van der Waals surface area contributed by atoms with Crippen molar-refractivity contribution >= 4 is 5.78 Å². The van der Waals surface area contributed by atoms with Crippen LogP contribution in [0.3, 0.4) is 0 Å². The quantitative estimate of drug-likeness (QED) is 0.813. The number of hydrogen-bond donors (Lipinski definition) is 1. The van der Waals surface area contributed by atoms with Crippen LogP contribution in [0.15, 0.2) is 24.3 Å². The Balaban J connectivity index is 2.07. The Hall–Kier alpha value is -1.15. The summed E-state index contributed by atoms with van der Waals surface area (Å²) in [5.74, 6) is 0.425. The fourth-order valence-corrected chi connectivity index (χ4v) is 2.61. The molecule has 0 bridgehead atoms. The van der Waals surface area contributed by atoms with Crippen LogP contribution in [0.4, 0.5) is 0 Å². The predicted molar refractivity (Wildman–Crippen MR) is 70.1 cm³/mol. The molecule has 0 heterocycles. The summed E-state index contributed by atoms with van der Waals surface area (Å²) in [5.41, 5.74) is 8.06. The maximum Gasteiger partial charge on any atom is 0.165 e. The largest absolute Gasteiger partial charge is 0.328 e. The molecule has 0 aliphatic heterocycles. The molecule has 17 heavy (non-hydrogen) atoms. The average molecular weight is 231 g/mol. The summed E-state index contributed by atoms with van der Waals surface area (Å²) in [5, 5.41) is 0. The van der Waals surface area contributed by atoms with Crippen LogP contribution >= 0.6 is 0 Å². The van der Waals surface area contributed by atoms with Crippen molar-refractivity contribution in [1.29, 1.82) is 0 Å². The van der Waals surface area contributed by atoms with Crippen LogP contribution in [0.2, 0.25) is 0 Å². The van der Waals surface area contributed by atoms with E-state index >= 15 is 0 Å². The van der Waals surface area contributed by atoms with Crippen molar-refractivity contribution < 1.29 is 4.79 Å². The van der Waals surface area contributed by atoms with Gasteiger partial charge in [-0.1, -0.05) is 37.6 Å². The van der Waals surface area contributed by atoms with Crippen molar-refractivity contribution in [2.75, 3.05) is 0 Å². The highest BCUT2D eigenvalue weighted by atomic mass is 16.1. The van der Waals surface area contributed by atoms with Crippen LogP contribution in [-0.2, 0) is 6.42 Å². The Morgan fingerprint density at radius 3 is 2.59 bits per heavy atom. The number of ketones is 1. The van der Waals surface area contributed by atoms with E-state index in [-0.39, 0.29) is 17.7 Å². The summed E-state index contributed by atoms with van der Waals surface area (Å²) in [6.45, 7) is 2.12. The average Bonchev–Trinajstić information content (AvgIpc) is 2.38. The van der Waals surface area contributed by atoms with E-state index < -0.39 is 0 Å². The van der Waals surface area contributed by atoms with Crippen molar-refractivity contribution in [1.82, 2.24) is 0 Å². The summed E-state index contributed by atoms with van der Waals surface area (Å²) in [4.78, 5) is 12.3. The molecule has 1 aromatic rings. The molecule has 92 valence electrons. The molecule has 2 rings (SSSR count). The Bertz CT molecular complexity index is 382. The molecular formula is C15H21NO. The molecule has 2 atom stereocenters. The van der Waals surface area contributed by atoms with Crippen LogP contribution in [0.25, 0.3) is 0 Å². The van der Waals surface area contributed by atoms with Crippen LogP contribution in [0, 0.1) is 5.92 Å². The van der Waals surface area contributed by atoms with E-state index in [0.29, 0.717) is 0 Å². The smallest absolute Gasteiger partial charge is 0.165 e. The van der Waals surface area contributed by atoms with Gasteiger partial charge in [0.15, 0.2) is 5.78 Å². The summed E-state index contributed by atoms with van der Waals surface area (Å²) in [6, 6.07) is 8.24. The third-order valence-electron chi connectivity index (χ3n) is 3.73. The second kappa shape index (κ2) is 5.46. The number of carbonyl (C=O) groups excluding carboxylic acids is 1. The van der Waals surface area contributed by atoms with E-state index in [4.69, 9.17) is 5.73 Å². The Labute approximate surface area is 103 Å². The van der Waals surface area contributed by atoms with E-state index in [0.717, 1.165) is 37.7 Å². The second-order valence-electron chi connectivity index (χ2n) is 5.04. The van der Waals surface area contributed by atoms with Gasteiger partial charge in [0.05, 0.1) is 0 Å². The lowest BCUT2D eigenvalue weighted by molar-refractivity contribution is 0.0881. The van der Waals surface area contributed by atoms with Crippen LogP contribution in [0.5, 0.6) is 0 Å². The highest BCUT2D eigenvalue weighted by molar-refractivity contribution is 5.97. The van der Waals surface area contributed by atoms with E-state index in [1.54, 1.807) is 0 Å². The topological polar surface area (TPSA) is 43.1 Å². The predicted octanol–water partition coefficient (Wildman–Crippen LogP) is 2.95. The van der Waals surface area contributed by atoms with E-state index in [9.17, 15) is 4.79 Å². The SMILES string of the molecule is CCc1ccc(C(=O)C2CCCC(N)C2)cc1. The first-order valence-electron chi connectivity index (χ1n) is 6.59. The third-order valence-corrected chi connectivity index (χ3v) is 3.73. The van der Waals surface area contributed by atoms with Gasteiger partial charge >= 0.3 is 0 Å². The lowest BCUT2D eigenvalue weighted by Gasteiger charge is -2.25. The van der Waals surface area contributed by atoms with Gasteiger partial charge in [-0.05, 0) is 31.2 Å². The normalized spacial score (nSPS) is 24.6. The monoisotopic (exact) mass is 231 g/mol. The van der Waals surface area contributed by atoms with E-state index in [1.165, 1.54) is 5.56 Å². The van der Waals surface area contributed by atoms with Crippen molar-refractivity contribution in [2.45, 2.75) is 45.1 Å². The van der Waals surface area contributed by atoms with Crippen LogP contribution < -0.4 is 5.73 Å². The molecule has 0 spiro atoms. The molecule has 2 nitrogen and oxygen atoms in total. The number of rotatable bonds is 3. The number of benzene rings is 1. The molecule has 1 fully saturated rings. The van der Waals surface area contributed by atoms with Gasteiger partial charge in [0, 0.05) is 17.5 Å². The van der Waals surface area contributed by atoms with Crippen LogP contribution in [-0.4, -0.2) is 11.8 Å². The number of hydrogen-bond acceptors (Lipinski definition) is 2. The molecule has 2 heteroatoms. The lowest BCUT2D eigenvalue weighted by atomic mass is 9.81. The maximum absolute atomic E-state index is 12.3. The molecule has 1 aliphatic rings. The zero-order valence-corrected chi connectivity index (χ0v) is 10.5. The van der Waals surface area contributed by atoms with Gasteiger partial charge in [-0.2, -0.15) is 0 Å². The molecular weight excluding hydrogens is 210 g/mol. The fourth-order valence-electron chi connectivity index (χ4n) is 2.61. The Kier molecular flexibility index (Phi) is 3.95. The molecule has 2 unspecified atom stereocenters. The van der Waals surface area contributed by atoms with Crippen molar-refractivity contribution in [3.05, 3.63) is 35.4 Å². The number of carbonyl (C=O) groups is 1. The van der Waals surface area contributed by atoms with Gasteiger partial charge < -0.3 is 5.73 Å². The standard InChI is InChI=1S/C15H21NO/c1-2-11-6-8-12(9-7-11)15(17)13-4-3-5-14(16)10-13/h6-9,13-14H,2-5,10,16H2,1H3. The summed E-state index contributed by atoms with van der Waals surface area (Å²) in [6.07, 6.45) is 5.03. The summed E-state index contributed by atoms with van der Waals surface area (Å²) in [7, 11) is 0. The maximum atomic E-state index is 12.3. The first-order chi connectivity index (χ1) is 8.20. The minimum Gasteiger partial charge on any atom is -0.328 e. The first-order valence-corrected chi connectivity index (χ1v) is 6.59. The number of Topliss-reactive ketones (excluding diaryl/α,β-unsaturated/α-hetero) is 1. The zero-order chi connectivity index (χ0) is 12.3. The van der Waals surface area contributed by atoms with E-state index in [1.807, 2.05) is 12.1 Å². The van der Waals surface area contributed by atoms with E-state index in [2.05, 4.69) is 19.1 Å². The fraction of sp³-hybridized carbons (Fsp3) is 0.533. The molecule has 1 aliphatic carbocycles. The van der Waals surface area contributed by atoms with Gasteiger partial charge in [-0.25, -0.2) is 0 Å². The summed E-state index contributed by atoms with van der Waals surface area (Å²) >= 11 is 0. The van der Waals surface area contributed by atoms with Crippen molar-refractivity contribution in [3.8, 4) is 0 Å². The minimum absolute atomic E-state index is 0.145. The Morgan fingerprint density at radius 1 is 1.29 bits per heavy atom. The zero-order valence-electron chi connectivity index (χ0n) is 10.5. The van der Waals surface area contributed by atoms with Gasteiger partial charge in [0.25, 0.3) is 0 Å². The molecule has 0 amide bonds. The van der Waals surface area contributed by atoms with Gasteiger partial charge in [0.2, 0.25) is 0 Å². The number of nitrogens with two attached hydrogens (primary N) is 1. The summed E-state index contributed by atoms with van der Waals surface area (Å²) < 4.78 is 0. The molecule has 0 radical (unpaired) electrons. The van der Waals surface area contributed by atoms with Gasteiger partial charge in [-0.15, -0.1) is 0 Å². The Morgan fingerprint density at radius 2 is 2.00 bits per heavy atom. The van der Waals surface area contributed by atoms with Crippen molar-refractivity contribution in [2.24, 2.45) is 11.7 Å². The van der Waals surface area contributed by atoms with Crippen LogP contribution in [0.1, 0.15) is 48.5 Å². The van der Waals surface area contributed by atoms with Gasteiger partial charge in [0.1, 0.15) is 0 Å². The first kappa shape index (κ1) is 12.3.